The molecule has 2 aromatic carbocycles. The smallest absolute Gasteiger partial charge is 0.328 e. The van der Waals surface area contributed by atoms with Crippen LogP contribution in [0.3, 0.4) is 0 Å². The molecule has 3 aromatic rings. The predicted molar refractivity (Wildman–Crippen MR) is 134 cm³/mol. The van der Waals surface area contributed by atoms with E-state index in [9.17, 15) is 24.3 Å². The van der Waals surface area contributed by atoms with E-state index < -0.39 is 34.3 Å². The van der Waals surface area contributed by atoms with Crippen LogP contribution in [0.25, 0.3) is 0 Å². The van der Waals surface area contributed by atoms with Crippen molar-refractivity contribution < 1.29 is 14.7 Å². The summed E-state index contributed by atoms with van der Waals surface area (Å²) in [6.45, 7) is 1.89. The van der Waals surface area contributed by atoms with Crippen LogP contribution in [0.4, 0.5) is 5.69 Å². The van der Waals surface area contributed by atoms with Gasteiger partial charge in [0, 0.05) is 17.1 Å². The molecule has 5 N–H and O–H groups in total. The summed E-state index contributed by atoms with van der Waals surface area (Å²) in [7, 11) is 0. The Hall–Kier alpha value is -3.83. The lowest BCUT2D eigenvalue weighted by atomic mass is 10.00. The summed E-state index contributed by atoms with van der Waals surface area (Å²) in [6, 6.07) is 12.7. The van der Waals surface area contributed by atoms with E-state index in [0.29, 0.717) is 16.3 Å². The number of H-pyrrole nitrogens is 2. The number of rotatable bonds is 6. The molecule has 0 bridgehead atoms. The number of hydrogen-bond acceptors (Lipinski definition) is 7. The molecule has 2 amide bonds. The fraction of sp³-hybridized carbons (Fsp3) is 0.174. The lowest BCUT2D eigenvalue weighted by Crippen LogP contribution is -2.29. The van der Waals surface area contributed by atoms with Gasteiger partial charge < -0.3 is 15.7 Å². The van der Waals surface area contributed by atoms with Crippen molar-refractivity contribution in [3.8, 4) is 5.88 Å². The summed E-state index contributed by atoms with van der Waals surface area (Å²) in [5.41, 5.74) is 0.167. The van der Waals surface area contributed by atoms with Crippen LogP contribution in [0, 0.1) is 6.92 Å². The summed E-state index contributed by atoms with van der Waals surface area (Å²) in [6.07, 6.45) is -0.123. The van der Waals surface area contributed by atoms with E-state index >= 15 is 0 Å². The summed E-state index contributed by atoms with van der Waals surface area (Å²) < 4.78 is 0. The highest BCUT2D eigenvalue weighted by molar-refractivity contribution is 8.15. The van der Waals surface area contributed by atoms with Gasteiger partial charge in [-0.3, -0.25) is 24.4 Å². The van der Waals surface area contributed by atoms with Crippen LogP contribution >= 0.6 is 23.4 Å². The van der Waals surface area contributed by atoms with Crippen LogP contribution in [0.2, 0.25) is 5.02 Å². The number of aromatic hydroxyl groups is 1. The van der Waals surface area contributed by atoms with Gasteiger partial charge in [0.05, 0.1) is 0 Å². The van der Waals surface area contributed by atoms with Crippen LogP contribution in [-0.2, 0) is 9.59 Å². The highest BCUT2D eigenvalue weighted by Gasteiger charge is 2.33. The monoisotopic (exact) mass is 513 g/mol. The molecule has 10 nitrogen and oxygen atoms in total. The van der Waals surface area contributed by atoms with Gasteiger partial charge in [-0.15, -0.1) is 0 Å². The normalized spacial score (nSPS) is 17.3. The van der Waals surface area contributed by atoms with Crippen molar-refractivity contribution in [1.29, 1.82) is 0 Å². The quantitative estimate of drug-likeness (QED) is 0.341. The third-order valence-electron chi connectivity index (χ3n) is 5.13. The molecule has 1 aromatic heterocycles. The highest BCUT2D eigenvalue weighted by Crippen LogP contribution is 2.32. The number of halogens is 1. The SMILES string of the molecule is Cc1ccc([C@H](N=C2NC(=O)[C@H](CC(=O)Nc3cccc(Cl)c3)S2)c2c(O)[nH]c(=O)[nH]c2=O)cc1. The van der Waals surface area contributed by atoms with Crippen molar-refractivity contribution in [3.05, 3.63) is 91.1 Å². The Kier molecular flexibility index (Phi) is 7.08. The van der Waals surface area contributed by atoms with Crippen LogP contribution in [0.1, 0.15) is 29.2 Å². The molecule has 1 saturated heterocycles. The number of aliphatic imine (C=N–C) groups is 1. The second kappa shape index (κ2) is 10.2. The lowest BCUT2D eigenvalue weighted by molar-refractivity contribution is -0.122. The number of thioether (sulfide) groups is 1. The molecule has 1 aliphatic heterocycles. The molecule has 2 heterocycles. The minimum Gasteiger partial charge on any atom is -0.494 e. The van der Waals surface area contributed by atoms with E-state index in [-0.39, 0.29) is 23.1 Å². The van der Waals surface area contributed by atoms with E-state index in [0.717, 1.165) is 17.3 Å². The van der Waals surface area contributed by atoms with E-state index in [1.54, 1.807) is 36.4 Å². The number of carbonyl (C=O) groups excluding carboxylic acids is 2. The first-order chi connectivity index (χ1) is 16.7. The van der Waals surface area contributed by atoms with E-state index in [2.05, 4.69) is 25.6 Å². The van der Waals surface area contributed by atoms with Gasteiger partial charge in [0.15, 0.2) is 5.17 Å². The maximum atomic E-state index is 12.5. The number of nitrogens with one attached hydrogen (secondary N) is 4. The van der Waals surface area contributed by atoms with Crippen molar-refractivity contribution in [2.24, 2.45) is 4.99 Å². The van der Waals surface area contributed by atoms with Gasteiger partial charge in [0.1, 0.15) is 16.9 Å². The fourth-order valence-corrected chi connectivity index (χ4v) is 4.64. The Bertz CT molecular complexity index is 1430. The molecule has 4 rings (SSSR count). The molecular weight excluding hydrogens is 494 g/mol. The average Bonchev–Trinajstić information content (AvgIpc) is 3.11. The van der Waals surface area contributed by atoms with Gasteiger partial charge >= 0.3 is 5.69 Å². The number of nitrogens with zero attached hydrogens (tertiary/aromatic N) is 1. The van der Waals surface area contributed by atoms with Crippen LogP contribution < -0.4 is 21.9 Å². The molecular formula is C23H20ClN5O5S. The summed E-state index contributed by atoms with van der Waals surface area (Å²) in [5, 5.41) is 15.5. The van der Waals surface area contributed by atoms with Crippen LogP contribution in [0.15, 0.2) is 63.1 Å². The minimum absolute atomic E-state index is 0.123. The molecule has 1 aliphatic rings. The molecule has 0 aliphatic carbocycles. The van der Waals surface area contributed by atoms with E-state index in [1.807, 2.05) is 19.1 Å². The first-order valence-electron chi connectivity index (χ1n) is 10.4. The van der Waals surface area contributed by atoms with Crippen molar-refractivity contribution in [1.82, 2.24) is 15.3 Å². The zero-order valence-electron chi connectivity index (χ0n) is 18.3. The van der Waals surface area contributed by atoms with E-state index in [4.69, 9.17) is 11.6 Å². The molecule has 0 saturated carbocycles. The molecule has 0 radical (unpaired) electrons. The van der Waals surface area contributed by atoms with Crippen LogP contribution in [0.5, 0.6) is 5.88 Å². The van der Waals surface area contributed by atoms with Crippen molar-refractivity contribution in [3.63, 3.8) is 0 Å². The summed E-state index contributed by atoms with van der Waals surface area (Å²) in [4.78, 5) is 57.8. The van der Waals surface area contributed by atoms with E-state index in [1.165, 1.54) is 0 Å². The number of aromatic nitrogens is 2. The standard InChI is InChI=1S/C23H20ClN5O5S/c1-11-5-7-12(8-6-11)18(17-20(32)27-22(34)28-21(17)33)26-23-29-19(31)15(35-23)10-16(30)25-14-4-2-3-13(24)9-14/h2-9,15,18H,10H2,1H3,(H,25,30)(H,26,29,31)(H3,27,28,32,33,34)/t15-,18-/m0/s1. The Labute approximate surface area is 207 Å². The second-order valence-corrected chi connectivity index (χ2v) is 9.40. The topological polar surface area (TPSA) is 157 Å². The number of aryl methyl sites for hydroxylation is 1. The highest BCUT2D eigenvalue weighted by atomic mass is 35.5. The Balaban J connectivity index is 1.59. The number of hydrogen-bond donors (Lipinski definition) is 5. The number of anilines is 1. The van der Waals surface area contributed by atoms with Gasteiger partial charge in [-0.1, -0.05) is 59.3 Å². The molecule has 0 unspecified atom stereocenters. The van der Waals surface area contributed by atoms with Gasteiger partial charge in [-0.25, -0.2) is 9.79 Å². The predicted octanol–water partition coefficient (Wildman–Crippen LogP) is 2.44. The fourth-order valence-electron chi connectivity index (χ4n) is 3.46. The first kappa shape index (κ1) is 24.3. The molecule has 180 valence electrons. The van der Waals surface area contributed by atoms with Crippen LogP contribution in [-0.4, -0.2) is 37.3 Å². The van der Waals surface area contributed by atoms with Gasteiger partial charge in [-0.2, -0.15) is 0 Å². The van der Waals surface area contributed by atoms with Crippen molar-refractivity contribution >= 4 is 46.0 Å². The molecule has 0 spiro atoms. The average molecular weight is 514 g/mol. The number of amides is 2. The second-order valence-electron chi connectivity index (χ2n) is 7.78. The van der Waals surface area contributed by atoms with Crippen molar-refractivity contribution in [2.45, 2.75) is 24.6 Å². The Morgan fingerprint density at radius 1 is 1.17 bits per heavy atom. The third kappa shape index (κ3) is 5.81. The van der Waals surface area contributed by atoms with Crippen molar-refractivity contribution in [2.75, 3.05) is 5.32 Å². The Morgan fingerprint density at radius 2 is 1.91 bits per heavy atom. The number of aromatic amines is 2. The molecule has 12 heteroatoms. The molecule has 1 fully saturated rings. The zero-order chi connectivity index (χ0) is 25.1. The van der Waals surface area contributed by atoms with Gasteiger partial charge in [0.2, 0.25) is 17.7 Å². The lowest BCUT2D eigenvalue weighted by Gasteiger charge is -2.14. The Morgan fingerprint density at radius 3 is 2.60 bits per heavy atom. The zero-order valence-corrected chi connectivity index (χ0v) is 19.9. The summed E-state index contributed by atoms with van der Waals surface area (Å²) in [5.74, 6) is -1.43. The number of carbonyl (C=O) groups is 2. The minimum atomic E-state index is -1.03. The maximum absolute atomic E-state index is 12.5. The third-order valence-corrected chi connectivity index (χ3v) is 6.46. The molecule has 2 atom stereocenters. The maximum Gasteiger partial charge on any atom is 0.328 e. The number of benzene rings is 2. The number of amidine groups is 1. The first-order valence-corrected chi connectivity index (χ1v) is 11.7. The van der Waals surface area contributed by atoms with Gasteiger partial charge in [-0.05, 0) is 30.7 Å². The van der Waals surface area contributed by atoms with Gasteiger partial charge in [0.25, 0.3) is 5.56 Å². The molecule has 35 heavy (non-hydrogen) atoms. The summed E-state index contributed by atoms with van der Waals surface area (Å²) >= 11 is 6.97. The largest absolute Gasteiger partial charge is 0.494 e.